The minimum atomic E-state index is -3.79. The predicted molar refractivity (Wildman–Crippen MR) is 107 cm³/mol. The molecule has 0 N–H and O–H groups in total. The highest BCUT2D eigenvalue weighted by Gasteiger charge is 2.26. The second kappa shape index (κ2) is 7.70. The summed E-state index contributed by atoms with van der Waals surface area (Å²) >= 11 is 12.2. The maximum absolute atomic E-state index is 13.3. The number of hydrogen-bond donors (Lipinski definition) is 0. The van der Waals surface area contributed by atoms with Crippen molar-refractivity contribution in [3.63, 3.8) is 0 Å². The summed E-state index contributed by atoms with van der Waals surface area (Å²) in [5.74, 6) is 0. The van der Waals surface area contributed by atoms with E-state index in [2.05, 4.69) is 0 Å². The Hall–Kier alpha value is -2.01. The largest absolute Gasteiger partial charge is 0.264 e. The second-order valence-corrected chi connectivity index (χ2v) is 8.60. The van der Waals surface area contributed by atoms with Crippen LogP contribution in [0.1, 0.15) is 11.1 Å². The molecule has 0 heterocycles. The summed E-state index contributed by atoms with van der Waals surface area (Å²) in [4.78, 5) is 0.176. The summed E-state index contributed by atoms with van der Waals surface area (Å²) < 4.78 is 28.0. The first-order chi connectivity index (χ1) is 12.4. The molecule has 26 heavy (non-hydrogen) atoms. The van der Waals surface area contributed by atoms with Crippen LogP contribution in [0.25, 0.3) is 0 Å². The molecule has 3 rings (SSSR count). The van der Waals surface area contributed by atoms with Gasteiger partial charge in [0.1, 0.15) is 0 Å². The molecule has 0 aliphatic heterocycles. The summed E-state index contributed by atoms with van der Waals surface area (Å²) in [6.45, 7) is 2.06. The van der Waals surface area contributed by atoms with E-state index in [1.54, 1.807) is 24.3 Å². The third kappa shape index (κ3) is 4.04. The van der Waals surface area contributed by atoms with Crippen molar-refractivity contribution in [2.75, 3.05) is 4.31 Å². The number of anilines is 1. The zero-order valence-corrected chi connectivity index (χ0v) is 16.4. The first-order valence-corrected chi connectivity index (χ1v) is 10.2. The Balaban J connectivity index is 2.11. The molecule has 0 aliphatic carbocycles. The Labute approximate surface area is 163 Å². The molecule has 3 aromatic carbocycles. The molecule has 0 fully saturated rings. The molecular weight excluding hydrogens is 389 g/mol. The van der Waals surface area contributed by atoms with Crippen LogP contribution in [-0.4, -0.2) is 8.42 Å². The number of rotatable bonds is 5. The van der Waals surface area contributed by atoms with Gasteiger partial charge in [0.25, 0.3) is 10.0 Å². The summed E-state index contributed by atoms with van der Waals surface area (Å²) in [6, 6.07) is 20.7. The minimum absolute atomic E-state index is 0.133. The number of aryl methyl sites for hydroxylation is 1. The topological polar surface area (TPSA) is 37.4 Å². The van der Waals surface area contributed by atoms with Gasteiger partial charge in [-0.25, -0.2) is 8.42 Å². The van der Waals surface area contributed by atoms with Gasteiger partial charge < -0.3 is 0 Å². The molecule has 0 amide bonds. The van der Waals surface area contributed by atoms with E-state index in [0.29, 0.717) is 15.7 Å². The lowest BCUT2D eigenvalue weighted by atomic mass is 10.2. The van der Waals surface area contributed by atoms with E-state index in [4.69, 9.17) is 23.2 Å². The van der Waals surface area contributed by atoms with Crippen molar-refractivity contribution in [1.82, 2.24) is 0 Å². The monoisotopic (exact) mass is 405 g/mol. The second-order valence-electron chi connectivity index (χ2n) is 5.90. The van der Waals surface area contributed by atoms with E-state index in [1.807, 2.05) is 43.3 Å². The first kappa shape index (κ1) is 18.8. The Morgan fingerprint density at radius 2 is 1.58 bits per heavy atom. The van der Waals surface area contributed by atoms with Gasteiger partial charge in [0.15, 0.2) is 0 Å². The summed E-state index contributed by atoms with van der Waals surface area (Å²) in [6.07, 6.45) is 0. The quantitative estimate of drug-likeness (QED) is 0.545. The smallest absolute Gasteiger partial charge is 0.262 e. The third-order valence-electron chi connectivity index (χ3n) is 3.96. The Kier molecular flexibility index (Phi) is 5.56. The van der Waals surface area contributed by atoms with Gasteiger partial charge in [-0.1, -0.05) is 53.5 Å². The fourth-order valence-electron chi connectivity index (χ4n) is 2.61. The number of halogens is 2. The lowest BCUT2D eigenvalue weighted by Gasteiger charge is -2.25. The number of sulfonamides is 1. The molecule has 0 unspecified atom stereocenters. The van der Waals surface area contributed by atoms with Crippen molar-refractivity contribution in [3.05, 3.63) is 94.0 Å². The van der Waals surface area contributed by atoms with E-state index < -0.39 is 10.0 Å². The van der Waals surface area contributed by atoms with Gasteiger partial charge in [0, 0.05) is 10.0 Å². The van der Waals surface area contributed by atoms with Crippen LogP contribution in [0, 0.1) is 6.92 Å². The van der Waals surface area contributed by atoms with Crippen LogP contribution in [0.3, 0.4) is 0 Å². The molecule has 3 aromatic rings. The number of benzene rings is 3. The number of nitrogens with zero attached hydrogens (tertiary/aromatic N) is 1. The molecule has 6 heteroatoms. The van der Waals surface area contributed by atoms with Crippen molar-refractivity contribution >= 4 is 38.9 Å². The van der Waals surface area contributed by atoms with Crippen LogP contribution in [0.15, 0.2) is 77.7 Å². The Morgan fingerprint density at radius 3 is 2.23 bits per heavy atom. The van der Waals surface area contributed by atoms with Gasteiger partial charge in [-0.05, 0) is 60.5 Å². The van der Waals surface area contributed by atoms with Crippen LogP contribution >= 0.6 is 23.2 Å². The molecule has 0 saturated heterocycles. The Bertz CT molecular complexity index is 1020. The van der Waals surface area contributed by atoms with E-state index in [9.17, 15) is 8.42 Å². The molecule has 0 spiro atoms. The van der Waals surface area contributed by atoms with Gasteiger partial charge in [-0.2, -0.15) is 0 Å². The Morgan fingerprint density at radius 1 is 0.885 bits per heavy atom. The summed E-state index contributed by atoms with van der Waals surface area (Å²) in [7, 11) is -3.79. The molecule has 0 aliphatic rings. The maximum atomic E-state index is 13.3. The minimum Gasteiger partial charge on any atom is -0.262 e. The SMILES string of the molecule is Cc1cccc(N(Cc2ccccc2Cl)S(=O)(=O)c2ccc(Cl)cc2)c1. The van der Waals surface area contributed by atoms with Gasteiger partial charge >= 0.3 is 0 Å². The standard InChI is InChI=1S/C20H17Cl2NO2S/c1-15-5-4-7-18(13-15)23(14-16-6-2-3-8-20(16)22)26(24,25)19-11-9-17(21)10-12-19/h2-13H,14H2,1H3. The highest BCUT2D eigenvalue weighted by atomic mass is 35.5. The van der Waals surface area contributed by atoms with Crippen molar-refractivity contribution < 1.29 is 8.42 Å². The van der Waals surface area contributed by atoms with Gasteiger partial charge in [-0.3, -0.25) is 4.31 Å². The lowest BCUT2D eigenvalue weighted by Crippen LogP contribution is -2.30. The third-order valence-corrected chi connectivity index (χ3v) is 6.37. The fraction of sp³-hybridized carbons (Fsp3) is 0.100. The van der Waals surface area contributed by atoms with Crippen molar-refractivity contribution in [3.8, 4) is 0 Å². The van der Waals surface area contributed by atoms with E-state index >= 15 is 0 Å². The maximum Gasteiger partial charge on any atom is 0.264 e. The highest BCUT2D eigenvalue weighted by Crippen LogP contribution is 2.29. The molecule has 0 atom stereocenters. The predicted octanol–water partition coefficient (Wildman–Crippen LogP) is 5.70. The highest BCUT2D eigenvalue weighted by molar-refractivity contribution is 7.92. The van der Waals surface area contributed by atoms with Gasteiger partial charge in [0.05, 0.1) is 17.1 Å². The molecule has 0 radical (unpaired) electrons. The average Bonchev–Trinajstić information content (AvgIpc) is 2.61. The van der Waals surface area contributed by atoms with Crippen LogP contribution in [0.2, 0.25) is 10.0 Å². The molecule has 0 saturated carbocycles. The van der Waals surface area contributed by atoms with Crippen LogP contribution < -0.4 is 4.31 Å². The first-order valence-electron chi connectivity index (χ1n) is 7.96. The van der Waals surface area contributed by atoms with E-state index in [1.165, 1.54) is 16.4 Å². The number of hydrogen-bond acceptors (Lipinski definition) is 2. The summed E-state index contributed by atoms with van der Waals surface area (Å²) in [5.41, 5.74) is 2.28. The molecular formula is C20H17Cl2NO2S. The van der Waals surface area contributed by atoms with Crippen LogP contribution in [0.5, 0.6) is 0 Å². The van der Waals surface area contributed by atoms with Gasteiger partial charge in [0.2, 0.25) is 0 Å². The van der Waals surface area contributed by atoms with Crippen molar-refractivity contribution in [1.29, 1.82) is 0 Å². The molecule has 0 bridgehead atoms. The molecule has 3 nitrogen and oxygen atoms in total. The zero-order chi connectivity index (χ0) is 18.7. The summed E-state index contributed by atoms with van der Waals surface area (Å²) in [5, 5.41) is 1.01. The molecule has 0 aromatic heterocycles. The van der Waals surface area contributed by atoms with Crippen LogP contribution in [0.4, 0.5) is 5.69 Å². The van der Waals surface area contributed by atoms with Crippen molar-refractivity contribution in [2.45, 2.75) is 18.4 Å². The lowest BCUT2D eigenvalue weighted by molar-refractivity contribution is 0.590. The van der Waals surface area contributed by atoms with Gasteiger partial charge in [-0.15, -0.1) is 0 Å². The normalized spacial score (nSPS) is 11.3. The van der Waals surface area contributed by atoms with E-state index in [0.717, 1.165) is 11.1 Å². The average molecular weight is 406 g/mol. The van der Waals surface area contributed by atoms with E-state index in [-0.39, 0.29) is 11.4 Å². The zero-order valence-electron chi connectivity index (χ0n) is 14.1. The molecule has 134 valence electrons. The van der Waals surface area contributed by atoms with Crippen molar-refractivity contribution in [2.24, 2.45) is 0 Å². The fourth-order valence-corrected chi connectivity index (χ4v) is 4.37. The van der Waals surface area contributed by atoms with Crippen LogP contribution in [-0.2, 0) is 16.6 Å².